The van der Waals surface area contributed by atoms with E-state index in [1.54, 1.807) is 24.3 Å². The third-order valence-corrected chi connectivity index (χ3v) is 2.92. The van der Waals surface area contributed by atoms with Gasteiger partial charge in [0, 0.05) is 6.92 Å². The third kappa shape index (κ3) is 3.73. The van der Waals surface area contributed by atoms with E-state index in [9.17, 15) is 14.4 Å². The minimum Gasteiger partial charge on any atom is -0.426 e. The molecule has 0 atom stereocenters. The Kier molecular flexibility index (Phi) is 4.95. The van der Waals surface area contributed by atoms with Crippen LogP contribution < -0.4 is 9.47 Å². The minimum atomic E-state index is -0.737. The summed E-state index contributed by atoms with van der Waals surface area (Å²) in [4.78, 5) is 34.7. The molecular weight excluding hydrogens is 304 g/mol. The predicted molar refractivity (Wildman–Crippen MR) is 82.5 cm³/mol. The summed E-state index contributed by atoms with van der Waals surface area (Å²) in [7, 11) is 0. The molecule has 2 rings (SSSR count). The standard InChI is InChI=1S/C16H12O5S/c1-10(17)20-13-8-4-2-6-11(13)15(18)21-14-9-5-3-7-12(14)16(19)22/h2-9H,1H3,(H,19,22). The molecule has 0 saturated heterocycles. The summed E-state index contributed by atoms with van der Waals surface area (Å²) >= 11 is 3.73. The normalized spacial score (nSPS) is 9.91. The zero-order chi connectivity index (χ0) is 16.1. The minimum absolute atomic E-state index is 0.0825. The van der Waals surface area contributed by atoms with E-state index in [0.717, 1.165) is 0 Å². The summed E-state index contributed by atoms with van der Waals surface area (Å²) < 4.78 is 10.2. The van der Waals surface area contributed by atoms with Gasteiger partial charge in [-0.3, -0.25) is 9.59 Å². The molecule has 0 bridgehead atoms. The average Bonchev–Trinajstić information content (AvgIpc) is 2.47. The third-order valence-electron chi connectivity index (χ3n) is 2.68. The van der Waals surface area contributed by atoms with Gasteiger partial charge in [-0.2, -0.15) is 0 Å². The van der Waals surface area contributed by atoms with Gasteiger partial charge in [0.2, 0.25) is 5.12 Å². The van der Waals surface area contributed by atoms with E-state index in [1.165, 1.54) is 31.2 Å². The summed E-state index contributed by atoms with van der Waals surface area (Å²) in [5, 5.41) is -0.517. The van der Waals surface area contributed by atoms with Gasteiger partial charge in [-0.15, -0.1) is 12.6 Å². The van der Waals surface area contributed by atoms with Gasteiger partial charge in [-0.25, -0.2) is 4.79 Å². The number of carbonyl (C=O) groups excluding carboxylic acids is 3. The van der Waals surface area contributed by atoms with Crippen molar-refractivity contribution in [1.29, 1.82) is 0 Å². The lowest BCUT2D eigenvalue weighted by Crippen LogP contribution is -2.13. The van der Waals surface area contributed by atoms with Gasteiger partial charge in [-0.05, 0) is 24.3 Å². The van der Waals surface area contributed by atoms with Crippen LogP contribution in [0, 0.1) is 0 Å². The lowest BCUT2D eigenvalue weighted by molar-refractivity contribution is -0.131. The summed E-state index contributed by atoms with van der Waals surface area (Å²) in [5.74, 6) is -1.11. The molecule has 0 amide bonds. The van der Waals surface area contributed by atoms with Crippen molar-refractivity contribution >= 4 is 29.7 Å². The number of thiol groups is 1. The Morgan fingerprint density at radius 2 is 1.32 bits per heavy atom. The maximum Gasteiger partial charge on any atom is 0.347 e. The second kappa shape index (κ2) is 6.91. The summed E-state index contributed by atoms with van der Waals surface area (Å²) in [5.41, 5.74) is 0.253. The summed E-state index contributed by atoms with van der Waals surface area (Å²) in [6, 6.07) is 12.4. The molecule has 0 N–H and O–H groups in total. The molecule has 0 aliphatic carbocycles. The summed E-state index contributed by atoms with van der Waals surface area (Å²) in [6.07, 6.45) is 0. The van der Waals surface area contributed by atoms with Crippen LogP contribution in [0.25, 0.3) is 0 Å². The molecule has 22 heavy (non-hydrogen) atoms. The maximum absolute atomic E-state index is 12.2. The quantitative estimate of drug-likeness (QED) is 0.533. The van der Waals surface area contributed by atoms with E-state index in [2.05, 4.69) is 12.6 Å². The number of hydrogen-bond acceptors (Lipinski definition) is 5. The Morgan fingerprint density at radius 3 is 1.86 bits per heavy atom. The topological polar surface area (TPSA) is 69.7 Å². The number of para-hydroxylation sites is 2. The second-order valence-electron chi connectivity index (χ2n) is 4.28. The number of rotatable bonds is 4. The van der Waals surface area contributed by atoms with Crippen molar-refractivity contribution in [1.82, 2.24) is 0 Å². The highest BCUT2D eigenvalue weighted by Crippen LogP contribution is 2.24. The van der Waals surface area contributed by atoms with Gasteiger partial charge < -0.3 is 9.47 Å². The first kappa shape index (κ1) is 15.8. The largest absolute Gasteiger partial charge is 0.426 e. The van der Waals surface area contributed by atoms with Gasteiger partial charge in [0.15, 0.2) is 0 Å². The second-order valence-corrected chi connectivity index (χ2v) is 4.69. The molecule has 0 saturated carbocycles. The van der Waals surface area contributed by atoms with E-state index in [1.807, 2.05) is 0 Å². The first-order valence-corrected chi connectivity index (χ1v) is 6.75. The van der Waals surface area contributed by atoms with Crippen LogP contribution in [0.2, 0.25) is 0 Å². The van der Waals surface area contributed by atoms with Crippen molar-refractivity contribution in [3.63, 3.8) is 0 Å². The summed E-state index contributed by atoms with van der Waals surface area (Å²) in [6.45, 7) is 1.23. The number of carbonyl (C=O) groups is 3. The average molecular weight is 316 g/mol. The molecule has 112 valence electrons. The van der Waals surface area contributed by atoms with E-state index >= 15 is 0 Å². The Balaban J connectivity index is 2.31. The van der Waals surface area contributed by atoms with Crippen molar-refractivity contribution < 1.29 is 23.9 Å². The number of hydrogen-bond donors (Lipinski definition) is 1. The monoisotopic (exact) mass is 316 g/mol. The van der Waals surface area contributed by atoms with Crippen LogP contribution in [0.5, 0.6) is 11.5 Å². The SMILES string of the molecule is CC(=O)Oc1ccccc1C(=O)Oc1ccccc1C(=O)S. The molecular formula is C16H12O5S. The smallest absolute Gasteiger partial charge is 0.347 e. The van der Waals surface area contributed by atoms with E-state index in [0.29, 0.717) is 0 Å². The van der Waals surface area contributed by atoms with Crippen LogP contribution in [-0.2, 0) is 4.79 Å². The van der Waals surface area contributed by atoms with Crippen LogP contribution in [-0.4, -0.2) is 17.1 Å². The molecule has 0 fully saturated rings. The van der Waals surface area contributed by atoms with Gasteiger partial charge in [0.05, 0.1) is 5.56 Å². The molecule has 0 radical (unpaired) electrons. The Morgan fingerprint density at radius 1 is 0.818 bits per heavy atom. The van der Waals surface area contributed by atoms with Gasteiger partial charge in [0.1, 0.15) is 17.1 Å². The zero-order valence-electron chi connectivity index (χ0n) is 11.6. The van der Waals surface area contributed by atoms with E-state index in [-0.39, 0.29) is 22.6 Å². The van der Waals surface area contributed by atoms with Crippen molar-refractivity contribution in [3.05, 3.63) is 59.7 Å². The molecule has 2 aromatic rings. The van der Waals surface area contributed by atoms with Crippen molar-refractivity contribution in [2.24, 2.45) is 0 Å². The molecule has 2 aromatic carbocycles. The van der Waals surface area contributed by atoms with E-state index < -0.39 is 17.1 Å². The van der Waals surface area contributed by atoms with Crippen molar-refractivity contribution in [3.8, 4) is 11.5 Å². The Labute approximate surface area is 132 Å². The Hall–Kier alpha value is -2.60. The molecule has 0 heterocycles. The van der Waals surface area contributed by atoms with Crippen LogP contribution in [0.1, 0.15) is 27.6 Å². The molecule has 0 spiro atoms. The van der Waals surface area contributed by atoms with Crippen LogP contribution >= 0.6 is 12.6 Å². The highest BCUT2D eigenvalue weighted by molar-refractivity contribution is 7.97. The predicted octanol–water partition coefficient (Wildman–Crippen LogP) is 2.90. The highest BCUT2D eigenvalue weighted by atomic mass is 32.1. The van der Waals surface area contributed by atoms with Crippen LogP contribution in [0.3, 0.4) is 0 Å². The molecule has 0 aliphatic rings. The molecule has 0 aromatic heterocycles. The van der Waals surface area contributed by atoms with Gasteiger partial charge in [0.25, 0.3) is 0 Å². The molecule has 5 nitrogen and oxygen atoms in total. The van der Waals surface area contributed by atoms with E-state index in [4.69, 9.17) is 9.47 Å². The van der Waals surface area contributed by atoms with Crippen LogP contribution in [0.4, 0.5) is 0 Å². The van der Waals surface area contributed by atoms with Gasteiger partial charge in [-0.1, -0.05) is 24.3 Å². The lowest BCUT2D eigenvalue weighted by Gasteiger charge is -2.10. The fourth-order valence-corrected chi connectivity index (χ4v) is 1.95. The van der Waals surface area contributed by atoms with Gasteiger partial charge >= 0.3 is 11.9 Å². The number of ether oxygens (including phenoxy) is 2. The fourth-order valence-electron chi connectivity index (χ4n) is 1.77. The van der Waals surface area contributed by atoms with Crippen molar-refractivity contribution in [2.75, 3.05) is 0 Å². The maximum atomic E-state index is 12.2. The molecule has 0 unspecified atom stereocenters. The Bertz CT molecular complexity index is 739. The molecule has 6 heteroatoms. The first-order chi connectivity index (χ1) is 10.5. The highest BCUT2D eigenvalue weighted by Gasteiger charge is 2.18. The zero-order valence-corrected chi connectivity index (χ0v) is 12.5. The lowest BCUT2D eigenvalue weighted by atomic mass is 10.2. The first-order valence-electron chi connectivity index (χ1n) is 6.31. The molecule has 0 aliphatic heterocycles. The van der Waals surface area contributed by atoms with Crippen LogP contribution in [0.15, 0.2) is 48.5 Å². The number of benzene rings is 2. The fraction of sp³-hybridized carbons (Fsp3) is 0.0625. The van der Waals surface area contributed by atoms with Crippen molar-refractivity contribution in [2.45, 2.75) is 6.92 Å². The number of esters is 2.